The van der Waals surface area contributed by atoms with Crippen molar-refractivity contribution in [3.8, 4) is 5.75 Å². The molecule has 0 radical (unpaired) electrons. The molecule has 2 N–H and O–H groups in total. The van der Waals surface area contributed by atoms with E-state index >= 15 is 0 Å². The molecule has 2 aliphatic rings. The molecule has 0 aliphatic carbocycles. The Morgan fingerprint density at radius 3 is 2.73 bits per heavy atom. The van der Waals surface area contributed by atoms with Crippen LogP contribution in [-0.4, -0.2) is 35.1 Å². The molecule has 0 fully saturated rings. The van der Waals surface area contributed by atoms with Gasteiger partial charge in [0.2, 0.25) is 10.0 Å². The summed E-state index contributed by atoms with van der Waals surface area (Å²) in [5.74, 6) is -0.343. The molecule has 1 amide bonds. The molecule has 1 atom stereocenters. The molecule has 10 heteroatoms. The number of hydrogen-bond donors (Lipinski definition) is 2. The van der Waals surface area contributed by atoms with Gasteiger partial charge in [-0.2, -0.15) is 0 Å². The predicted octanol–water partition coefficient (Wildman–Crippen LogP) is 0.824. The van der Waals surface area contributed by atoms with Crippen LogP contribution >= 0.6 is 0 Å². The molecule has 2 aromatic rings. The molecular weight excluding hydrogens is 380 g/mol. The van der Waals surface area contributed by atoms with Gasteiger partial charge in [0.25, 0.3) is 5.91 Å². The van der Waals surface area contributed by atoms with E-state index in [0.717, 1.165) is 0 Å². The van der Waals surface area contributed by atoms with Gasteiger partial charge in [-0.3, -0.25) is 4.79 Å². The minimum atomic E-state index is -4.01. The molecule has 136 valence electrons. The molecule has 0 bridgehead atoms. The Morgan fingerprint density at radius 2 is 1.92 bits per heavy atom. The van der Waals surface area contributed by atoms with E-state index in [1.807, 2.05) is 0 Å². The second-order valence-electron chi connectivity index (χ2n) is 5.99. The van der Waals surface area contributed by atoms with Crippen molar-refractivity contribution in [3.05, 3.63) is 48.0 Å². The smallest absolute Gasteiger partial charge is 0.262 e. The highest BCUT2D eigenvalue weighted by Crippen LogP contribution is 2.35. The van der Waals surface area contributed by atoms with Crippen LogP contribution in [-0.2, 0) is 24.7 Å². The van der Waals surface area contributed by atoms with E-state index in [1.54, 1.807) is 18.2 Å². The second kappa shape index (κ2) is 5.79. The summed E-state index contributed by atoms with van der Waals surface area (Å²) in [4.78, 5) is 11.5. The van der Waals surface area contributed by atoms with Crippen molar-refractivity contribution in [3.63, 3.8) is 0 Å². The lowest BCUT2D eigenvalue weighted by Crippen LogP contribution is -2.30. The average Bonchev–Trinajstić information content (AvgIpc) is 2.84. The Balaban J connectivity index is 1.67. The Hall–Kier alpha value is -2.43. The minimum Gasteiger partial charge on any atom is -0.482 e. The highest BCUT2D eigenvalue weighted by atomic mass is 32.2. The zero-order valence-electron chi connectivity index (χ0n) is 13.3. The highest BCUT2D eigenvalue weighted by molar-refractivity contribution is 7.92. The topological polar surface area (TPSA) is 119 Å². The summed E-state index contributed by atoms with van der Waals surface area (Å²) in [5.41, 5.74) is 0.675. The molecule has 0 saturated heterocycles. The zero-order chi connectivity index (χ0) is 18.5. The lowest BCUT2D eigenvalue weighted by Gasteiger charge is -2.19. The van der Waals surface area contributed by atoms with Gasteiger partial charge in [-0.1, -0.05) is 18.2 Å². The lowest BCUT2D eigenvalue weighted by atomic mass is 10.1. The number of nitrogens with one attached hydrogen (secondary N) is 2. The Labute approximate surface area is 150 Å². The summed E-state index contributed by atoms with van der Waals surface area (Å²) in [6, 6.07) is 9.51. The number of anilines is 1. The Morgan fingerprint density at radius 1 is 1.15 bits per heavy atom. The summed E-state index contributed by atoms with van der Waals surface area (Å²) < 4.78 is 57.5. The minimum absolute atomic E-state index is 0.0937. The van der Waals surface area contributed by atoms with E-state index < -0.39 is 25.9 Å². The van der Waals surface area contributed by atoms with E-state index in [4.69, 9.17) is 4.74 Å². The van der Waals surface area contributed by atoms with Crippen molar-refractivity contribution < 1.29 is 26.4 Å². The number of carbonyl (C=O) groups excluding carboxylic acids is 1. The van der Waals surface area contributed by atoms with Crippen LogP contribution in [0.1, 0.15) is 11.6 Å². The maximum atomic E-state index is 12.7. The Kier molecular flexibility index (Phi) is 3.79. The van der Waals surface area contributed by atoms with Crippen LogP contribution in [0.5, 0.6) is 5.75 Å². The van der Waals surface area contributed by atoms with Crippen LogP contribution < -0.4 is 14.8 Å². The van der Waals surface area contributed by atoms with Crippen molar-refractivity contribution in [2.45, 2.75) is 15.8 Å². The number of sulfone groups is 1. The van der Waals surface area contributed by atoms with Gasteiger partial charge in [-0.15, -0.1) is 0 Å². The summed E-state index contributed by atoms with van der Waals surface area (Å²) >= 11 is 0. The van der Waals surface area contributed by atoms with Crippen LogP contribution in [0.15, 0.2) is 52.3 Å². The normalized spacial score (nSPS) is 20.6. The van der Waals surface area contributed by atoms with Crippen molar-refractivity contribution in [1.82, 2.24) is 4.72 Å². The number of amides is 1. The molecule has 2 aromatic carbocycles. The number of carbonyl (C=O) groups is 1. The molecule has 2 aliphatic heterocycles. The van der Waals surface area contributed by atoms with Gasteiger partial charge in [0.05, 0.1) is 27.3 Å². The molecule has 0 spiro atoms. The molecule has 0 unspecified atom stereocenters. The van der Waals surface area contributed by atoms with E-state index in [2.05, 4.69) is 10.0 Å². The first-order valence-corrected chi connectivity index (χ1v) is 10.8. The van der Waals surface area contributed by atoms with Crippen LogP contribution in [0.3, 0.4) is 0 Å². The third-order valence-corrected chi connectivity index (χ3v) is 7.49. The lowest BCUT2D eigenvalue weighted by molar-refractivity contribution is -0.118. The molecule has 0 aromatic heterocycles. The van der Waals surface area contributed by atoms with Crippen LogP contribution in [0.2, 0.25) is 0 Å². The predicted molar refractivity (Wildman–Crippen MR) is 92.1 cm³/mol. The van der Waals surface area contributed by atoms with Gasteiger partial charge >= 0.3 is 0 Å². The van der Waals surface area contributed by atoms with Gasteiger partial charge in [0, 0.05) is 0 Å². The highest BCUT2D eigenvalue weighted by Gasteiger charge is 2.37. The summed E-state index contributed by atoms with van der Waals surface area (Å²) in [6.07, 6.45) is 0. The molecule has 0 saturated carbocycles. The van der Waals surface area contributed by atoms with Crippen molar-refractivity contribution in [2.24, 2.45) is 0 Å². The first-order chi connectivity index (χ1) is 12.3. The number of rotatable bonds is 3. The number of fused-ring (bicyclic) bond motifs is 2. The van der Waals surface area contributed by atoms with E-state index in [-0.39, 0.29) is 33.7 Å². The molecule has 2 heterocycles. The van der Waals surface area contributed by atoms with Gasteiger partial charge in [-0.25, -0.2) is 21.6 Å². The van der Waals surface area contributed by atoms with Crippen LogP contribution in [0, 0.1) is 0 Å². The molecule has 4 rings (SSSR count). The standard InChI is InChI=1S/C16H14N2O6S2/c19-16-8-24-14-6-5-10(7-12(14)17-16)26(22,23)18-13-9-25(20,21)15-4-2-1-3-11(13)15/h1-7,13,18H,8-9H2,(H,17,19)/t13-/m0/s1. The fourth-order valence-corrected chi connectivity index (χ4v) is 6.12. The summed E-state index contributed by atoms with van der Waals surface area (Å²) in [7, 11) is -7.54. The number of ether oxygens (including phenoxy) is 1. The fraction of sp³-hybridized carbons (Fsp3) is 0.188. The molecule has 8 nitrogen and oxygen atoms in total. The van der Waals surface area contributed by atoms with Crippen molar-refractivity contribution in [2.75, 3.05) is 17.7 Å². The fourth-order valence-electron chi connectivity index (χ4n) is 3.03. The molecule has 26 heavy (non-hydrogen) atoms. The largest absolute Gasteiger partial charge is 0.482 e. The SMILES string of the molecule is O=C1COc2ccc(S(=O)(=O)N[C@H]3CS(=O)(=O)c4ccccc43)cc2N1. The first kappa shape index (κ1) is 17.0. The van der Waals surface area contributed by atoms with E-state index in [1.165, 1.54) is 24.3 Å². The maximum absolute atomic E-state index is 12.7. The van der Waals surface area contributed by atoms with Crippen LogP contribution in [0.25, 0.3) is 0 Å². The third-order valence-electron chi connectivity index (χ3n) is 4.21. The van der Waals surface area contributed by atoms with Crippen molar-refractivity contribution >= 4 is 31.5 Å². The first-order valence-electron chi connectivity index (χ1n) is 7.67. The monoisotopic (exact) mass is 394 g/mol. The quantitative estimate of drug-likeness (QED) is 0.796. The van der Waals surface area contributed by atoms with E-state index in [9.17, 15) is 21.6 Å². The number of sulfonamides is 1. The van der Waals surface area contributed by atoms with Gasteiger partial charge in [-0.05, 0) is 29.8 Å². The second-order valence-corrected chi connectivity index (χ2v) is 9.70. The van der Waals surface area contributed by atoms with E-state index in [0.29, 0.717) is 11.3 Å². The maximum Gasteiger partial charge on any atom is 0.262 e. The van der Waals surface area contributed by atoms with Crippen molar-refractivity contribution in [1.29, 1.82) is 0 Å². The van der Waals surface area contributed by atoms with Gasteiger partial charge in [0.1, 0.15) is 5.75 Å². The third kappa shape index (κ3) is 2.85. The van der Waals surface area contributed by atoms with Gasteiger partial charge < -0.3 is 10.1 Å². The average molecular weight is 394 g/mol. The van der Waals surface area contributed by atoms with Crippen LogP contribution in [0.4, 0.5) is 5.69 Å². The Bertz CT molecular complexity index is 1130. The molecular formula is C16H14N2O6S2. The summed E-state index contributed by atoms with van der Waals surface area (Å²) in [5, 5.41) is 2.54. The zero-order valence-corrected chi connectivity index (χ0v) is 14.9. The van der Waals surface area contributed by atoms with Gasteiger partial charge in [0.15, 0.2) is 16.4 Å². The summed E-state index contributed by atoms with van der Waals surface area (Å²) in [6.45, 7) is -0.131. The number of benzene rings is 2. The number of hydrogen-bond acceptors (Lipinski definition) is 6.